The lowest BCUT2D eigenvalue weighted by Gasteiger charge is -2.12. The van der Waals surface area contributed by atoms with Crippen LogP contribution in [0.15, 0.2) is 48.5 Å². The van der Waals surface area contributed by atoms with Crippen LogP contribution in [-0.2, 0) is 4.79 Å². The third-order valence-corrected chi connectivity index (χ3v) is 4.44. The van der Waals surface area contributed by atoms with E-state index in [2.05, 4.69) is 6.92 Å². The fourth-order valence-corrected chi connectivity index (χ4v) is 2.94. The molecule has 2 aromatic carbocycles. The Bertz CT molecular complexity index is 610. The van der Waals surface area contributed by atoms with Gasteiger partial charge in [-0.3, -0.25) is 4.79 Å². The lowest BCUT2D eigenvalue weighted by atomic mass is 9.98. The van der Waals surface area contributed by atoms with E-state index < -0.39 is 5.97 Å². The smallest absolute Gasteiger partial charge is 0.313 e. The Morgan fingerprint density at radius 3 is 2.48 bits per heavy atom. The van der Waals surface area contributed by atoms with Gasteiger partial charge in [0.1, 0.15) is 5.82 Å². The Morgan fingerprint density at radius 1 is 1.19 bits per heavy atom. The molecule has 0 aromatic heterocycles. The largest absolute Gasteiger partial charge is 0.481 e. The molecule has 0 heterocycles. The fourth-order valence-electron chi connectivity index (χ4n) is 2.11. The van der Waals surface area contributed by atoms with Crippen LogP contribution in [0.25, 0.3) is 11.1 Å². The highest BCUT2D eigenvalue weighted by atomic mass is 32.2. The van der Waals surface area contributed by atoms with E-state index in [0.717, 1.165) is 16.9 Å². The van der Waals surface area contributed by atoms with Crippen LogP contribution in [0.4, 0.5) is 4.39 Å². The maximum Gasteiger partial charge on any atom is 0.313 e. The summed E-state index contributed by atoms with van der Waals surface area (Å²) in [5.41, 5.74) is 2.58. The molecule has 0 aliphatic rings. The summed E-state index contributed by atoms with van der Waals surface area (Å²) < 4.78 is 13.7. The van der Waals surface area contributed by atoms with Crippen molar-refractivity contribution in [1.29, 1.82) is 0 Å². The van der Waals surface area contributed by atoms with E-state index in [-0.39, 0.29) is 17.5 Å². The Balaban J connectivity index is 2.05. The van der Waals surface area contributed by atoms with Crippen LogP contribution in [0.2, 0.25) is 0 Å². The predicted octanol–water partition coefficient (Wildman–Crippen LogP) is 4.41. The van der Waals surface area contributed by atoms with Gasteiger partial charge in [-0.15, -0.1) is 11.8 Å². The molecule has 1 N–H and O–H groups in total. The van der Waals surface area contributed by atoms with Crippen LogP contribution in [-0.4, -0.2) is 22.6 Å². The average molecular weight is 304 g/mol. The second-order valence-electron chi connectivity index (χ2n) is 4.91. The van der Waals surface area contributed by atoms with Crippen molar-refractivity contribution in [3.05, 3.63) is 59.9 Å². The summed E-state index contributed by atoms with van der Waals surface area (Å²) in [6.45, 7) is 2.06. The number of hydrogen-bond donors (Lipinski definition) is 1. The number of carboxylic acid groups (broad SMARTS) is 1. The molecular formula is C17H17FO2S. The molecule has 0 aliphatic carbocycles. The number of aliphatic carboxylic acids is 1. The van der Waals surface area contributed by atoms with Gasteiger partial charge in [0.25, 0.3) is 0 Å². The SMILES string of the molecule is CC(CSCC(=O)O)c1ccc(-c2ccccc2F)cc1. The third-order valence-electron chi connectivity index (χ3n) is 3.26. The third kappa shape index (κ3) is 4.33. The van der Waals surface area contributed by atoms with Crippen molar-refractivity contribution < 1.29 is 14.3 Å². The molecule has 0 amide bonds. The van der Waals surface area contributed by atoms with E-state index in [1.165, 1.54) is 17.8 Å². The summed E-state index contributed by atoms with van der Waals surface area (Å²) in [7, 11) is 0. The molecule has 2 rings (SSSR count). The normalized spacial score (nSPS) is 12.1. The molecule has 4 heteroatoms. The molecule has 0 radical (unpaired) electrons. The van der Waals surface area contributed by atoms with Crippen LogP contribution in [0.1, 0.15) is 18.4 Å². The van der Waals surface area contributed by atoms with E-state index >= 15 is 0 Å². The van der Waals surface area contributed by atoms with E-state index in [0.29, 0.717) is 5.56 Å². The molecule has 1 unspecified atom stereocenters. The van der Waals surface area contributed by atoms with Gasteiger partial charge in [0.05, 0.1) is 5.75 Å². The topological polar surface area (TPSA) is 37.3 Å². The van der Waals surface area contributed by atoms with Gasteiger partial charge in [0.2, 0.25) is 0 Å². The zero-order valence-electron chi connectivity index (χ0n) is 11.8. The number of halogens is 1. The molecule has 0 spiro atoms. The molecule has 0 bridgehead atoms. The number of benzene rings is 2. The van der Waals surface area contributed by atoms with Crippen molar-refractivity contribution >= 4 is 17.7 Å². The minimum absolute atomic E-state index is 0.123. The van der Waals surface area contributed by atoms with Gasteiger partial charge in [0.15, 0.2) is 0 Å². The van der Waals surface area contributed by atoms with Gasteiger partial charge < -0.3 is 5.11 Å². The highest BCUT2D eigenvalue weighted by molar-refractivity contribution is 7.99. The minimum Gasteiger partial charge on any atom is -0.481 e. The first-order valence-electron chi connectivity index (χ1n) is 6.72. The Hall–Kier alpha value is -1.81. The first-order valence-corrected chi connectivity index (χ1v) is 7.88. The van der Waals surface area contributed by atoms with E-state index in [1.54, 1.807) is 12.1 Å². The Morgan fingerprint density at radius 2 is 1.86 bits per heavy atom. The molecule has 110 valence electrons. The molecule has 0 saturated carbocycles. The van der Waals surface area contributed by atoms with Gasteiger partial charge in [0, 0.05) is 11.3 Å². The van der Waals surface area contributed by atoms with Crippen LogP contribution < -0.4 is 0 Å². The van der Waals surface area contributed by atoms with Crippen molar-refractivity contribution in [2.24, 2.45) is 0 Å². The quantitative estimate of drug-likeness (QED) is 0.858. The first-order chi connectivity index (χ1) is 10.1. The van der Waals surface area contributed by atoms with Gasteiger partial charge in [-0.05, 0) is 23.1 Å². The molecule has 0 fully saturated rings. The van der Waals surface area contributed by atoms with Gasteiger partial charge in [-0.2, -0.15) is 0 Å². The zero-order chi connectivity index (χ0) is 15.2. The van der Waals surface area contributed by atoms with Gasteiger partial charge in [-0.25, -0.2) is 4.39 Å². The predicted molar refractivity (Wildman–Crippen MR) is 85.2 cm³/mol. The van der Waals surface area contributed by atoms with Crippen molar-refractivity contribution in [2.75, 3.05) is 11.5 Å². The van der Waals surface area contributed by atoms with Crippen molar-refractivity contribution in [3.63, 3.8) is 0 Å². The van der Waals surface area contributed by atoms with E-state index in [9.17, 15) is 9.18 Å². The minimum atomic E-state index is -0.790. The molecule has 0 saturated heterocycles. The standard InChI is InChI=1S/C17H17FO2S/c1-12(10-21-11-17(19)20)13-6-8-14(9-7-13)15-4-2-3-5-16(15)18/h2-9,12H,10-11H2,1H3,(H,19,20). The summed E-state index contributed by atoms with van der Waals surface area (Å²) in [6, 6.07) is 14.5. The number of rotatable bonds is 6. The summed E-state index contributed by atoms with van der Waals surface area (Å²) in [6.07, 6.45) is 0. The lowest BCUT2D eigenvalue weighted by Crippen LogP contribution is -2.03. The number of carbonyl (C=O) groups is 1. The number of hydrogen-bond acceptors (Lipinski definition) is 2. The maximum absolute atomic E-state index is 13.7. The molecule has 1 atom stereocenters. The van der Waals surface area contributed by atoms with E-state index in [1.807, 2.05) is 30.3 Å². The van der Waals surface area contributed by atoms with Crippen molar-refractivity contribution in [3.8, 4) is 11.1 Å². The van der Waals surface area contributed by atoms with Crippen molar-refractivity contribution in [2.45, 2.75) is 12.8 Å². The second-order valence-corrected chi connectivity index (χ2v) is 5.94. The molecular weight excluding hydrogens is 287 g/mol. The molecule has 2 aromatic rings. The van der Waals surface area contributed by atoms with Gasteiger partial charge in [-0.1, -0.05) is 49.4 Å². The fraction of sp³-hybridized carbons (Fsp3) is 0.235. The lowest BCUT2D eigenvalue weighted by molar-refractivity contribution is -0.133. The number of carboxylic acids is 1. The second kappa shape index (κ2) is 7.27. The van der Waals surface area contributed by atoms with Crippen LogP contribution >= 0.6 is 11.8 Å². The highest BCUT2D eigenvalue weighted by Crippen LogP contribution is 2.26. The summed E-state index contributed by atoms with van der Waals surface area (Å²) >= 11 is 1.41. The van der Waals surface area contributed by atoms with Crippen LogP contribution in [0.5, 0.6) is 0 Å². The van der Waals surface area contributed by atoms with Crippen molar-refractivity contribution in [1.82, 2.24) is 0 Å². The Kier molecular flexibility index (Phi) is 5.39. The Labute approximate surface area is 128 Å². The van der Waals surface area contributed by atoms with E-state index in [4.69, 9.17) is 5.11 Å². The summed E-state index contributed by atoms with van der Waals surface area (Å²) in [5, 5.41) is 8.63. The van der Waals surface area contributed by atoms with Crippen LogP contribution in [0, 0.1) is 5.82 Å². The zero-order valence-corrected chi connectivity index (χ0v) is 12.6. The molecule has 0 aliphatic heterocycles. The monoisotopic (exact) mass is 304 g/mol. The molecule has 21 heavy (non-hydrogen) atoms. The maximum atomic E-state index is 13.7. The highest BCUT2D eigenvalue weighted by Gasteiger charge is 2.09. The summed E-state index contributed by atoms with van der Waals surface area (Å²) in [5.74, 6) is 0.129. The van der Waals surface area contributed by atoms with Gasteiger partial charge >= 0.3 is 5.97 Å². The van der Waals surface area contributed by atoms with Crippen LogP contribution in [0.3, 0.4) is 0 Å². The molecule has 2 nitrogen and oxygen atoms in total. The number of thioether (sulfide) groups is 1. The average Bonchev–Trinajstić information content (AvgIpc) is 2.47. The summed E-state index contributed by atoms with van der Waals surface area (Å²) in [4.78, 5) is 10.5. The first kappa shape index (κ1) is 15.6.